The molecule has 0 saturated heterocycles. The number of hydrogen-bond acceptors (Lipinski definition) is 3. The third kappa shape index (κ3) is 2.68. The van der Waals surface area contributed by atoms with E-state index >= 15 is 0 Å². The smallest absolute Gasteiger partial charge is 0.115 e. The third-order valence-corrected chi connectivity index (χ3v) is 12.1. The van der Waals surface area contributed by atoms with Crippen molar-refractivity contribution >= 4 is 0 Å². The summed E-state index contributed by atoms with van der Waals surface area (Å²) in [4.78, 5) is 8.44. The lowest BCUT2D eigenvalue weighted by Crippen LogP contribution is -2.57. The number of rotatable bonds is 5. The molecule has 0 amide bonds. The van der Waals surface area contributed by atoms with Gasteiger partial charge < -0.3 is 4.74 Å². The second-order valence-corrected chi connectivity index (χ2v) is 12.7. The fraction of sp³-hybridized carbons (Fsp3) is 0.857. The van der Waals surface area contributed by atoms with Crippen molar-refractivity contribution in [2.24, 2.45) is 51.8 Å². The Balaban J connectivity index is 1.22. The first-order valence-electron chi connectivity index (χ1n) is 13.2. The molecule has 1 heterocycles. The van der Waals surface area contributed by atoms with Crippen molar-refractivity contribution in [1.29, 1.82) is 0 Å². The molecule has 5 fully saturated rings. The van der Waals surface area contributed by atoms with Gasteiger partial charge in [0.1, 0.15) is 6.33 Å². The zero-order valence-corrected chi connectivity index (χ0v) is 20.1. The molecule has 0 aliphatic heterocycles. The van der Waals surface area contributed by atoms with Crippen LogP contribution in [-0.2, 0) is 11.2 Å². The summed E-state index contributed by atoms with van der Waals surface area (Å²) in [6, 6.07) is 0. The zero-order chi connectivity index (χ0) is 21.4. The van der Waals surface area contributed by atoms with E-state index in [1.165, 1.54) is 63.4 Å². The fourth-order valence-corrected chi connectivity index (χ4v) is 10.6. The first-order chi connectivity index (χ1) is 14.9. The van der Waals surface area contributed by atoms with Gasteiger partial charge in [0, 0.05) is 24.9 Å². The van der Waals surface area contributed by atoms with Gasteiger partial charge in [0.05, 0.1) is 6.10 Å². The number of methoxy groups -OCH3 is 1. The molecule has 0 N–H and O–H groups in total. The molecular weight excluding hydrogens is 380 g/mol. The van der Waals surface area contributed by atoms with Crippen LogP contribution in [0.4, 0.5) is 0 Å². The summed E-state index contributed by atoms with van der Waals surface area (Å²) in [6.07, 6.45) is 20.2. The Morgan fingerprint density at radius 2 is 1.87 bits per heavy atom. The molecule has 1 spiro atoms. The summed E-state index contributed by atoms with van der Waals surface area (Å²) in [5.74, 6) is 5.43. The lowest BCUT2D eigenvalue weighted by atomic mass is 9.45. The summed E-state index contributed by atoms with van der Waals surface area (Å²) < 4.78 is 6.30. The largest absolute Gasteiger partial charge is 0.381 e. The molecule has 3 nitrogen and oxygen atoms in total. The molecule has 3 heteroatoms. The predicted molar refractivity (Wildman–Crippen MR) is 123 cm³/mol. The van der Waals surface area contributed by atoms with Crippen molar-refractivity contribution in [3.8, 4) is 0 Å². The summed E-state index contributed by atoms with van der Waals surface area (Å²) in [5.41, 5.74) is 2.94. The minimum atomic E-state index is 0.531. The van der Waals surface area contributed by atoms with Crippen LogP contribution in [0.5, 0.6) is 0 Å². The molecule has 5 aliphatic carbocycles. The number of ether oxygens (including phenoxy) is 1. The summed E-state index contributed by atoms with van der Waals surface area (Å²) in [7, 11) is 2.02. The molecule has 5 saturated carbocycles. The van der Waals surface area contributed by atoms with Gasteiger partial charge in [0.25, 0.3) is 0 Å². The van der Waals surface area contributed by atoms with E-state index in [2.05, 4.69) is 30.7 Å². The summed E-state index contributed by atoms with van der Waals surface area (Å²) in [6.45, 7) is 7.92. The minimum Gasteiger partial charge on any atom is -0.381 e. The Morgan fingerprint density at radius 3 is 2.61 bits per heavy atom. The molecule has 1 unspecified atom stereocenters. The van der Waals surface area contributed by atoms with Gasteiger partial charge in [-0.15, -0.1) is 0 Å². The minimum absolute atomic E-state index is 0.531. The monoisotopic (exact) mass is 422 g/mol. The third-order valence-electron chi connectivity index (χ3n) is 12.1. The molecule has 1 aromatic rings. The van der Waals surface area contributed by atoms with Gasteiger partial charge >= 0.3 is 0 Å². The van der Waals surface area contributed by atoms with E-state index in [0.29, 0.717) is 22.3 Å². The maximum atomic E-state index is 6.30. The van der Waals surface area contributed by atoms with E-state index < -0.39 is 0 Å². The maximum absolute atomic E-state index is 6.30. The van der Waals surface area contributed by atoms with Gasteiger partial charge in [-0.25, -0.2) is 9.97 Å². The fourth-order valence-electron chi connectivity index (χ4n) is 10.6. The standard InChI is InChI=1S/C28H42N2O/c1-18(5-6-19-15-29-17-30-16-19)22-7-8-23-21-13-25(31-4)28-14-20(28)9-12-27(28,3)24(21)10-11-26(22,23)2/h15-18,20-25H,5-14H2,1-4H3/t18-,20-,21+,22-,23+,24+,25-,26-,27-,28?/m1/s1. The first kappa shape index (κ1) is 20.6. The van der Waals surface area contributed by atoms with Crippen molar-refractivity contribution < 1.29 is 4.74 Å². The highest BCUT2D eigenvalue weighted by molar-refractivity contribution is 5.26. The first-order valence-corrected chi connectivity index (χ1v) is 13.2. The van der Waals surface area contributed by atoms with Crippen LogP contribution in [0.3, 0.4) is 0 Å². The van der Waals surface area contributed by atoms with Gasteiger partial charge in [-0.1, -0.05) is 20.8 Å². The average Bonchev–Trinajstić information content (AvgIpc) is 3.29. The van der Waals surface area contributed by atoms with Crippen molar-refractivity contribution in [2.75, 3.05) is 7.11 Å². The van der Waals surface area contributed by atoms with Gasteiger partial charge in [-0.3, -0.25) is 0 Å². The molecule has 5 aliphatic rings. The second-order valence-electron chi connectivity index (χ2n) is 12.7. The van der Waals surface area contributed by atoms with Crippen LogP contribution in [0.15, 0.2) is 18.7 Å². The van der Waals surface area contributed by atoms with Crippen molar-refractivity contribution in [1.82, 2.24) is 9.97 Å². The van der Waals surface area contributed by atoms with E-state index in [-0.39, 0.29) is 0 Å². The highest BCUT2D eigenvalue weighted by atomic mass is 16.5. The van der Waals surface area contributed by atoms with Crippen LogP contribution < -0.4 is 0 Å². The topological polar surface area (TPSA) is 35.0 Å². The SMILES string of the molecule is CO[C@@H]1C[C@H]2[C@@H]3CC[C@H]([C@H](C)CCc4cncnc4)[C@@]3(C)CC[C@@H]2[C@@]2(C)CC[C@@H]3CC312. The Morgan fingerprint density at radius 1 is 1.06 bits per heavy atom. The molecule has 0 aromatic carbocycles. The Bertz CT molecular complexity index is 828. The predicted octanol–water partition coefficient (Wildman–Crippen LogP) is 6.33. The van der Waals surface area contributed by atoms with E-state index in [1.54, 1.807) is 6.33 Å². The van der Waals surface area contributed by atoms with Crippen LogP contribution in [0.25, 0.3) is 0 Å². The highest BCUT2D eigenvalue weighted by Crippen LogP contribution is 2.82. The van der Waals surface area contributed by atoms with E-state index in [0.717, 1.165) is 41.9 Å². The number of aromatic nitrogens is 2. The molecule has 0 radical (unpaired) electrons. The van der Waals surface area contributed by atoms with Crippen LogP contribution in [0.1, 0.15) is 84.1 Å². The molecule has 6 rings (SSSR count). The number of hydrogen-bond donors (Lipinski definition) is 0. The number of aryl methyl sites for hydroxylation is 1. The maximum Gasteiger partial charge on any atom is 0.115 e. The lowest BCUT2D eigenvalue weighted by molar-refractivity contribution is -0.161. The lowest BCUT2D eigenvalue weighted by Gasteiger charge is -2.61. The van der Waals surface area contributed by atoms with Crippen LogP contribution in [0.2, 0.25) is 0 Å². The van der Waals surface area contributed by atoms with Crippen molar-refractivity contribution in [3.63, 3.8) is 0 Å². The molecule has 1 aromatic heterocycles. The quantitative estimate of drug-likeness (QED) is 0.556. The van der Waals surface area contributed by atoms with E-state index in [4.69, 9.17) is 4.74 Å². The Kier molecular flexibility index (Phi) is 4.67. The Hall–Kier alpha value is -0.960. The van der Waals surface area contributed by atoms with Crippen molar-refractivity contribution in [2.45, 2.75) is 91.1 Å². The molecular formula is C28H42N2O. The second kappa shape index (κ2) is 7.02. The zero-order valence-electron chi connectivity index (χ0n) is 20.1. The molecule has 170 valence electrons. The molecule has 0 bridgehead atoms. The summed E-state index contributed by atoms with van der Waals surface area (Å²) >= 11 is 0. The van der Waals surface area contributed by atoms with Crippen LogP contribution in [-0.4, -0.2) is 23.2 Å². The van der Waals surface area contributed by atoms with Crippen LogP contribution >= 0.6 is 0 Å². The summed E-state index contributed by atoms with van der Waals surface area (Å²) in [5, 5.41) is 0. The van der Waals surface area contributed by atoms with E-state index in [9.17, 15) is 0 Å². The van der Waals surface area contributed by atoms with E-state index in [1.807, 2.05) is 19.5 Å². The van der Waals surface area contributed by atoms with Gasteiger partial charge in [-0.05, 0) is 116 Å². The average molecular weight is 423 g/mol. The van der Waals surface area contributed by atoms with Gasteiger partial charge in [-0.2, -0.15) is 0 Å². The van der Waals surface area contributed by atoms with Gasteiger partial charge in [0.15, 0.2) is 0 Å². The Labute approximate surface area is 189 Å². The normalized spacial score (nSPS) is 50.8. The molecule has 31 heavy (non-hydrogen) atoms. The highest BCUT2D eigenvalue weighted by Gasteiger charge is 2.77. The number of fused-ring (bicyclic) bond motifs is 4. The van der Waals surface area contributed by atoms with Gasteiger partial charge in [0.2, 0.25) is 0 Å². The van der Waals surface area contributed by atoms with Crippen molar-refractivity contribution in [3.05, 3.63) is 24.3 Å². The van der Waals surface area contributed by atoms with Crippen LogP contribution in [0, 0.1) is 51.8 Å². The molecule has 10 atom stereocenters. The number of nitrogens with zero attached hydrogens (tertiary/aromatic N) is 2.